The molecule has 1 N–H and O–H groups in total. The van der Waals surface area contributed by atoms with Crippen LogP contribution < -0.4 is 5.32 Å². The molecule has 1 heterocycles. The molecule has 1 aromatic heterocycles. The number of ether oxygens (including phenoxy) is 1. The van der Waals surface area contributed by atoms with Gasteiger partial charge in [0.15, 0.2) is 0 Å². The van der Waals surface area contributed by atoms with Gasteiger partial charge in [0.25, 0.3) is 5.69 Å². The van der Waals surface area contributed by atoms with E-state index in [4.69, 9.17) is 4.74 Å². The molecule has 0 aliphatic carbocycles. The molecule has 6 nitrogen and oxygen atoms in total. The van der Waals surface area contributed by atoms with E-state index in [1.54, 1.807) is 14.0 Å². The predicted molar refractivity (Wildman–Crippen MR) is 68.3 cm³/mol. The average Bonchev–Trinajstić information content (AvgIpc) is 2.29. The normalized spacial score (nSPS) is 10.3. The maximum Gasteiger partial charge on any atom is 0.291 e. The Kier molecular flexibility index (Phi) is 5.30. The Morgan fingerprint density at radius 1 is 1.65 bits per heavy atom. The van der Waals surface area contributed by atoms with Crippen molar-refractivity contribution in [3.05, 3.63) is 26.3 Å². The fraction of sp³-hybridized carbons (Fsp3) is 0.500. The third-order valence-electron chi connectivity index (χ3n) is 2.25. The summed E-state index contributed by atoms with van der Waals surface area (Å²) in [4.78, 5) is 14.3. The first-order valence-corrected chi connectivity index (χ1v) is 5.89. The molecule has 0 bridgehead atoms. The molecule has 1 rings (SSSR count). The number of hydrogen-bond acceptors (Lipinski definition) is 5. The molecule has 0 aliphatic heterocycles. The van der Waals surface area contributed by atoms with E-state index in [1.807, 2.05) is 0 Å². The van der Waals surface area contributed by atoms with E-state index in [9.17, 15) is 10.1 Å². The van der Waals surface area contributed by atoms with Crippen LogP contribution in [0.2, 0.25) is 0 Å². The number of hydrogen-bond donors (Lipinski definition) is 1. The molecule has 0 aromatic carbocycles. The molecule has 0 amide bonds. The number of pyridine rings is 1. The summed E-state index contributed by atoms with van der Waals surface area (Å²) in [5.41, 5.74) is 0.582. The van der Waals surface area contributed by atoms with Gasteiger partial charge in [-0.05, 0) is 29.3 Å². The van der Waals surface area contributed by atoms with Gasteiger partial charge in [-0.1, -0.05) is 0 Å². The Morgan fingerprint density at radius 3 is 2.94 bits per heavy atom. The minimum Gasteiger partial charge on any atom is -0.385 e. The molecule has 7 heteroatoms. The van der Waals surface area contributed by atoms with E-state index in [0.717, 1.165) is 6.42 Å². The molecule has 0 fully saturated rings. The number of nitrogens with zero attached hydrogens (tertiary/aromatic N) is 2. The molecule has 0 aliphatic rings. The van der Waals surface area contributed by atoms with Gasteiger partial charge < -0.3 is 10.1 Å². The Balaban J connectivity index is 2.75. The summed E-state index contributed by atoms with van der Waals surface area (Å²) in [5, 5.41) is 13.8. The van der Waals surface area contributed by atoms with Crippen LogP contribution in [0.4, 0.5) is 11.5 Å². The second-order valence-electron chi connectivity index (χ2n) is 3.46. The van der Waals surface area contributed by atoms with Crippen molar-refractivity contribution in [2.24, 2.45) is 0 Å². The van der Waals surface area contributed by atoms with E-state index in [-0.39, 0.29) is 5.69 Å². The smallest absolute Gasteiger partial charge is 0.291 e. The summed E-state index contributed by atoms with van der Waals surface area (Å²) >= 11 is 3.31. The highest BCUT2D eigenvalue weighted by molar-refractivity contribution is 9.10. The average molecular weight is 304 g/mol. The molecule has 94 valence electrons. The summed E-state index contributed by atoms with van der Waals surface area (Å²) in [6.45, 7) is 3.05. The Labute approximate surface area is 108 Å². The first kappa shape index (κ1) is 13.9. The van der Waals surface area contributed by atoms with Crippen molar-refractivity contribution >= 4 is 27.4 Å². The maximum atomic E-state index is 10.7. The number of rotatable bonds is 6. The van der Waals surface area contributed by atoms with Gasteiger partial charge in [0.1, 0.15) is 12.0 Å². The van der Waals surface area contributed by atoms with Gasteiger partial charge in [-0.2, -0.15) is 0 Å². The minimum absolute atomic E-state index is 0.0133. The Morgan fingerprint density at radius 2 is 2.35 bits per heavy atom. The van der Waals surface area contributed by atoms with Crippen LogP contribution >= 0.6 is 15.9 Å². The van der Waals surface area contributed by atoms with Crippen molar-refractivity contribution in [3.8, 4) is 0 Å². The standard InChI is InChI=1S/C10H14BrN3O3/c1-7-8(14(15)16)6-13-10(9(7)11)12-4-3-5-17-2/h6H,3-5H2,1-2H3,(H,12,13). The second-order valence-corrected chi connectivity index (χ2v) is 4.25. The van der Waals surface area contributed by atoms with Crippen LogP contribution in [0.3, 0.4) is 0 Å². The number of methoxy groups -OCH3 is 1. The lowest BCUT2D eigenvalue weighted by Gasteiger charge is -2.09. The largest absolute Gasteiger partial charge is 0.385 e. The lowest BCUT2D eigenvalue weighted by Crippen LogP contribution is -2.07. The van der Waals surface area contributed by atoms with Crippen LogP contribution in [0.1, 0.15) is 12.0 Å². The van der Waals surface area contributed by atoms with Gasteiger partial charge in [-0.3, -0.25) is 10.1 Å². The highest BCUT2D eigenvalue weighted by Gasteiger charge is 2.16. The van der Waals surface area contributed by atoms with Crippen LogP contribution in [-0.4, -0.2) is 30.2 Å². The third kappa shape index (κ3) is 3.64. The zero-order valence-corrected chi connectivity index (χ0v) is 11.3. The lowest BCUT2D eigenvalue weighted by atomic mass is 10.2. The van der Waals surface area contributed by atoms with Crippen molar-refractivity contribution in [1.82, 2.24) is 4.98 Å². The van der Waals surface area contributed by atoms with E-state index in [2.05, 4.69) is 26.2 Å². The topological polar surface area (TPSA) is 77.3 Å². The van der Waals surface area contributed by atoms with Crippen molar-refractivity contribution in [2.45, 2.75) is 13.3 Å². The molecule has 0 radical (unpaired) electrons. The monoisotopic (exact) mass is 303 g/mol. The van der Waals surface area contributed by atoms with Crippen LogP contribution in [0.25, 0.3) is 0 Å². The molecule has 0 atom stereocenters. The SMILES string of the molecule is COCCCNc1ncc([N+](=O)[O-])c(C)c1Br. The van der Waals surface area contributed by atoms with E-state index < -0.39 is 4.92 Å². The number of halogens is 1. The van der Waals surface area contributed by atoms with E-state index in [0.29, 0.717) is 29.0 Å². The quantitative estimate of drug-likeness (QED) is 0.496. The maximum absolute atomic E-state index is 10.7. The summed E-state index contributed by atoms with van der Waals surface area (Å²) in [5.74, 6) is 0.615. The fourth-order valence-corrected chi connectivity index (χ4v) is 1.75. The second kappa shape index (κ2) is 6.51. The van der Waals surface area contributed by atoms with Crippen molar-refractivity contribution in [2.75, 3.05) is 25.6 Å². The Bertz CT molecular complexity index is 412. The predicted octanol–water partition coefficient (Wildman–Crippen LogP) is 2.51. The Hall–Kier alpha value is -1.21. The van der Waals surface area contributed by atoms with Gasteiger partial charge >= 0.3 is 0 Å². The summed E-state index contributed by atoms with van der Waals surface area (Å²) < 4.78 is 5.55. The van der Waals surface area contributed by atoms with Gasteiger partial charge in [0.05, 0.1) is 9.40 Å². The van der Waals surface area contributed by atoms with E-state index in [1.165, 1.54) is 6.20 Å². The molecule has 0 saturated heterocycles. The molecule has 1 aromatic rings. The summed E-state index contributed by atoms with van der Waals surface area (Å²) in [6, 6.07) is 0. The highest BCUT2D eigenvalue weighted by Crippen LogP contribution is 2.30. The van der Waals surface area contributed by atoms with Crippen molar-refractivity contribution in [1.29, 1.82) is 0 Å². The van der Waals surface area contributed by atoms with Gasteiger partial charge in [0.2, 0.25) is 0 Å². The van der Waals surface area contributed by atoms with Crippen molar-refractivity contribution < 1.29 is 9.66 Å². The summed E-state index contributed by atoms with van der Waals surface area (Å²) in [6.07, 6.45) is 2.11. The van der Waals surface area contributed by atoms with Gasteiger partial charge in [0, 0.05) is 25.8 Å². The zero-order chi connectivity index (χ0) is 12.8. The van der Waals surface area contributed by atoms with Gasteiger partial charge in [-0.15, -0.1) is 0 Å². The van der Waals surface area contributed by atoms with Crippen molar-refractivity contribution in [3.63, 3.8) is 0 Å². The molecule has 0 unspecified atom stereocenters. The molecule has 0 saturated carbocycles. The highest BCUT2D eigenvalue weighted by atomic mass is 79.9. The number of anilines is 1. The number of aromatic nitrogens is 1. The molecule has 0 spiro atoms. The first-order chi connectivity index (χ1) is 8.07. The van der Waals surface area contributed by atoms with Gasteiger partial charge in [-0.25, -0.2) is 4.98 Å². The fourth-order valence-electron chi connectivity index (χ4n) is 1.30. The van der Waals surface area contributed by atoms with Crippen LogP contribution in [0.5, 0.6) is 0 Å². The molecule has 17 heavy (non-hydrogen) atoms. The van der Waals surface area contributed by atoms with Crippen LogP contribution in [0.15, 0.2) is 10.7 Å². The summed E-state index contributed by atoms with van der Waals surface area (Å²) in [7, 11) is 1.64. The molecular weight excluding hydrogens is 290 g/mol. The lowest BCUT2D eigenvalue weighted by molar-refractivity contribution is -0.385. The number of nitrogens with one attached hydrogen (secondary N) is 1. The first-order valence-electron chi connectivity index (χ1n) is 5.10. The van der Waals surface area contributed by atoms with Crippen LogP contribution in [-0.2, 0) is 4.74 Å². The zero-order valence-electron chi connectivity index (χ0n) is 9.70. The molecular formula is C10H14BrN3O3. The van der Waals surface area contributed by atoms with Crippen LogP contribution in [0, 0.1) is 17.0 Å². The minimum atomic E-state index is -0.443. The number of nitro groups is 1. The third-order valence-corrected chi connectivity index (χ3v) is 3.22. The van der Waals surface area contributed by atoms with E-state index >= 15 is 0 Å².